The fourth-order valence-corrected chi connectivity index (χ4v) is 3.65. The van der Waals surface area contributed by atoms with Gasteiger partial charge in [0.15, 0.2) is 0 Å². The maximum atomic E-state index is 13.5. The first-order valence-electron chi connectivity index (χ1n) is 10.3. The molecule has 0 aromatic heterocycles. The molecule has 1 aliphatic rings. The summed E-state index contributed by atoms with van der Waals surface area (Å²) in [6.45, 7) is 3.46. The maximum absolute atomic E-state index is 13.5. The number of amides is 2. The molecule has 0 saturated carbocycles. The Morgan fingerprint density at radius 1 is 1.23 bits per heavy atom. The van der Waals surface area contributed by atoms with Gasteiger partial charge < -0.3 is 25.8 Å². The van der Waals surface area contributed by atoms with Crippen LogP contribution in [-0.4, -0.2) is 32.1 Å². The summed E-state index contributed by atoms with van der Waals surface area (Å²) in [7, 11) is 1.41. The third kappa shape index (κ3) is 5.73. The number of rotatable bonds is 7. The van der Waals surface area contributed by atoms with Gasteiger partial charge in [0.05, 0.1) is 12.7 Å². The Balaban J connectivity index is 1.60. The molecule has 1 saturated heterocycles. The predicted octanol–water partition coefficient (Wildman–Crippen LogP) is 3.35. The zero-order valence-electron chi connectivity index (χ0n) is 17.7. The van der Waals surface area contributed by atoms with Crippen LogP contribution in [-0.2, 0) is 16.1 Å². The Labute approximate surface area is 181 Å². The van der Waals surface area contributed by atoms with E-state index in [-0.39, 0.29) is 29.7 Å². The van der Waals surface area contributed by atoms with Crippen molar-refractivity contribution in [2.24, 2.45) is 11.8 Å². The summed E-state index contributed by atoms with van der Waals surface area (Å²) in [6, 6.07) is 8.90. The number of nitrogens with one attached hydrogen (secondary N) is 2. The predicted molar refractivity (Wildman–Crippen MR) is 116 cm³/mol. The van der Waals surface area contributed by atoms with Gasteiger partial charge >= 0.3 is 0 Å². The highest BCUT2D eigenvalue weighted by molar-refractivity contribution is 5.97. The van der Waals surface area contributed by atoms with Crippen molar-refractivity contribution in [2.45, 2.75) is 26.3 Å². The summed E-state index contributed by atoms with van der Waals surface area (Å²) in [5, 5.41) is 5.63. The zero-order chi connectivity index (χ0) is 22.4. The van der Waals surface area contributed by atoms with Gasteiger partial charge in [-0.2, -0.15) is 0 Å². The maximum Gasteiger partial charge on any atom is 0.255 e. The molecule has 2 aromatic carbocycles. The van der Waals surface area contributed by atoms with Crippen molar-refractivity contribution in [1.29, 1.82) is 0 Å². The smallest absolute Gasteiger partial charge is 0.255 e. The Hall–Kier alpha value is -3.13. The van der Waals surface area contributed by atoms with Crippen LogP contribution < -0.4 is 21.1 Å². The number of hydrogen-bond acceptors (Lipinski definition) is 5. The summed E-state index contributed by atoms with van der Waals surface area (Å²) in [5.41, 5.74) is 7.93. The molecule has 1 fully saturated rings. The second kappa shape index (κ2) is 10.3. The van der Waals surface area contributed by atoms with E-state index in [1.165, 1.54) is 19.2 Å². The molecule has 3 rings (SSSR count). The average molecular weight is 429 g/mol. The van der Waals surface area contributed by atoms with Gasteiger partial charge in [-0.1, -0.05) is 13.0 Å². The van der Waals surface area contributed by atoms with Gasteiger partial charge in [-0.15, -0.1) is 0 Å². The highest BCUT2D eigenvalue weighted by Gasteiger charge is 2.26. The molecular formula is C23H28FN3O4. The molecule has 1 unspecified atom stereocenters. The van der Waals surface area contributed by atoms with Crippen LogP contribution in [0.15, 0.2) is 36.4 Å². The molecule has 1 atom stereocenters. The summed E-state index contributed by atoms with van der Waals surface area (Å²) in [6.07, 6.45) is 1.76. The van der Waals surface area contributed by atoms with Crippen molar-refractivity contribution < 1.29 is 23.5 Å². The number of hydrogen-bond donors (Lipinski definition) is 3. The molecule has 7 nitrogen and oxygen atoms in total. The van der Waals surface area contributed by atoms with E-state index >= 15 is 0 Å². The summed E-state index contributed by atoms with van der Waals surface area (Å²) in [4.78, 5) is 25.0. The van der Waals surface area contributed by atoms with Gasteiger partial charge in [-0.05, 0) is 54.7 Å². The number of halogens is 1. The molecule has 0 spiro atoms. The molecule has 166 valence electrons. The van der Waals surface area contributed by atoms with Crippen LogP contribution in [0.25, 0.3) is 0 Å². The van der Waals surface area contributed by atoms with E-state index < -0.39 is 11.7 Å². The van der Waals surface area contributed by atoms with E-state index in [0.29, 0.717) is 36.1 Å². The summed E-state index contributed by atoms with van der Waals surface area (Å²) < 4.78 is 24.0. The van der Waals surface area contributed by atoms with E-state index in [1.54, 1.807) is 18.2 Å². The first-order valence-corrected chi connectivity index (χ1v) is 10.3. The fraction of sp³-hybridized carbons (Fsp3) is 0.391. The van der Waals surface area contributed by atoms with Crippen molar-refractivity contribution in [3.8, 4) is 5.75 Å². The van der Waals surface area contributed by atoms with E-state index in [1.807, 2.05) is 6.92 Å². The number of anilines is 2. The minimum Gasteiger partial charge on any atom is -0.496 e. The fourth-order valence-electron chi connectivity index (χ4n) is 3.65. The monoisotopic (exact) mass is 429 g/mol. The lowest BCUT2D eigenvalue weighted by Gasteiger charge is -2.27. The molecule has 0 radical (unpaired) electrons. The first-order chi connectivity index (χ1) is 14.9. The number of carbonyl (C=O) groups is 2. The number of benzene rings is 2. The first kappa shape index (κ1) is 22.6. The quantitative estimate of drug-likeness (QED) is 0.586. The molecule has 4 N–H and O–H groups in total. The highest BCUT2D eigenvalue weighted by Crippen LogP contribution is 2.26. The largest absolute Gasteiger partial charge is 0.496 e. The number of nitrogens with two attached hydrogens (primary N) is 1. The van der Waals surface area contributed by atoms with Crippen LogP contribution in [0.5, 0.6) is 5.75 Å². The molecule has 8 heteroatoms. The van der Waals surface area contributed by atoms with E-state index in [4.69, 9.17) is 15.2 Å². The normalized spacial score (nSPS) is 15.2. The summed E-state index contributed by atoms with van der Waals surface area (Å²) in [5.74, 6) is -0.584. The molecule has 2 aromatic rings. The van der Waals surface area contributed by atoms with Crippen molar-refractivity contribution >= 4 is 23.2 Å². The van der Waals surface area contributed by atoms with Crippen LogP contribution in [0.2, 0.25) is 0 Å². The van der Waals surface area contributed by atoms with Gasteiger partial charge in [0.25, 0.3) is 5.91 Å². The van der Waals surface area contributed by atoms with Crippen LogP contribution in [0.1, 0.15) is 35.7 Å². The molecule has 0 bridgehead atoms. The van der Waals surface area contributed by atoms with Crippen molar-refractivity contribution in [3.63, 3.8) is 0 Å². The summed E-state index contributed by atoms with van der Waals surface area (Å²) >= 11 is 0. The van der Waals surface area contributed by atoms with Gasteiger partial charge in [-0.25, -0.2) is 4.39 Å². The zero-order valence-corrected chi connectivity index (χ0v) is 17.7. The van der Waals surface area contributed by atoms with E-state index in [2.05, 4.69) is 10.6 Å². The Morgan fingerprint density at radius 2 is 1.97 bits per heavy atom. The van der Waals surface area contributed by atoms with Crippen molar-refractivity contribution in [2.75, 3.05) is 31.4 Å². The number of ether oxygens (including phenoxy) is 2. The molecule has 1 heterocycles. The second-order valence-electron chi connectivity index (χ2n) is 7.67. The van der Waals surface area contributed by atoms with Crippen LogP contribution in [0.4, 0.5) is 15.8 Å². The Morgan fingerprint density at radius 3 is 2.65 bits per heavy atom. The van der Waals surface area contributed by atoms with Gasteiger partial charge in [-0.3, -0.25) is 9.59 Å². The Bertz CT molecular complexity index is 944. The molecule has 1 aliphatic heterocycles. The Kier molecular flexibility index (Phi) is 7.46. The van der Waals surface area contributed by atoms with Crippen molar-refractivity contribution in [1.82, 2.24) is 5.32 Å². The lowest BCUT2D eigenvalue weighted by Crippen LogP contribution is -2.31. The molecule has 31 heavy (non-hydrogen) atoms. The van der Waals surface area contributed by atoms with E-state index in [9.17, 15) is 14.0 Å². The van der Waals surface area contributed by atoms with E-state index in [0.717, 1.165) is 18.9 Å². The van der Waals surface area contributed by atoms with Crippen molar-refractivity contribution in [3.05, 3.63) is 53.3 Å². The third-order valence-electron chi connectivity index (χ3n) is 5.65. The standard InChI is InChI=1S/C23H28FN3O4/c1-14(15-7-9-31-10-8-15)22(28)27-18-5-3-16(20(25)12-18)13-26-23(29)19-11-17(24)4-6-21(19)30-2/h3-6,11-12,14-15H,7-10,13,25H2,1-2H3,(H,26,29)(H,27,28). The average Bonchev–Trinajstić information content (AvgIpc) is 2.78. The van der Waals surface area contributed by atoms with Gasteiger partial charge in [0.1, 0.15) is 11.6 Å². The third-order valence-corrected chi connectivity index (χ3v) is 5.65. The minimum absolute atomic E-state index is 0.0504. The highest BCUT2D eigenvalue weighted by atomic mass is 19.1. The van der Waals surface area contributed by atoms with Gasteiger partial charge in [0, 0.05) is 37.1 Å². The topological polar surface area (TPSA) is 103 Å². The lowest BCUT2D eigenvalue weighted by atomic mass is 9.86. The van der Waals surface area contributed by atoms with Crippen LogP contribution in [0, 0.1) is 17.7 Å². The molecule has 2 amide bonds. The van der Waals surface area contributed by atoms with Crippen LogP contribution in [0.3, 0.4) is 0 Å². The SMILES string of the molecule is COc1ccc(F)cc1C(=O)NCc1ccc(NC(=O)C(C)C2CCOCC2)cc1N. The van der Waals surface area contributed by atoms with Crippen LogP contribution >= 0.6 is 0 Å². The van der Waals surface area contributed by atoms with Gasteiger partial charge in [0.2, 0.25) is 5.91 Å². The molecular weight excluding hydrogens is 401 g/mol. The molecule has 0 aliphatic carbocycles. The second-order valence-corrected chi connectivity index (χ2v) is 7.67. The minimum atomic E-state index is -0.527. The number of methoxy groups -OCH3 is 1. The lowest BCUT2D eigenvalue weighted by molar-refractivity contribution is -0.122. The number of nitrogen functional groups attached to an aromatic ring is 1. The number of carbonyl (C=O) groups excluding carboxylic acids is 2.